The van der Waals surface area contributed by atoms with Gasteiger partial charge in [-0.15, -0.1) is 0 Å². The van der Waals surface area contributed by atoms with Gasteiger partial charge in [-0.05, 0) is 38.5 Å². The third-order valence-electron chi connectivity index (χ3n) is 7.00. The molecule has 0 aromatic carbocycles. The Morgan fingerprint density at radius 2 is 1.06 bits per heavy atom. The fourth-order valence-corrected chi connectivity index (χ4v) is 6.78. The molecule has 1 N–H and O–H groups in total. The second-order valence-electron chi connectivity index (χ2n) is 11.5. The fraction of sp³-hybridized carbons (Fsp3) is 0.933. The minimum Gasteiger partial charge on any atom is -0.320 e. The molecule has 210 valence electrons. The smallest absolute Gasteiger partial charge is 0.320 e. The van der Waals surface area contributed by atoms with Crippen LogP contribution < -0.4 is 0 Å². The highest BCUT2D eigenvalue weighted by Crippen LogP contribution is 2.51. The van der Waals surface area contributed by atoms with Gasteiger partial charge in [0.1, 0.15) is 0 Å². The van der Waals surface area contributed by atoms with Crippen LogP contribution in [0.4, 0.5) is 0 Å². The van der Waals surface area contributed by atoms with Crippen molar-refractivity contribution in [2.75, 3.05) is 27.7 Å². The largest absolute Gasteiger partial charge is 0.385 e. The number of hydrogen-bond acceptors (Lipinski definition) is 2. The normalized spacial score (nSPS) is 15.0. The molecule has 0 spiro atoms. The molecule has 35 heavy (non-hydrogen) atoms. The fourth-order valence-electron chi connectivity index (χ4n) is 4.76. The molecule has 0 saturated carbocycles. The number of rotatable bonds is 26. The van der Waals surface area contributed by atoms with Crippen LogP contribution >= 0.6 is 7.60 Å². The Bertz CT molecular complexity index is 530. The van der Waals surface area contributed by atoms with Gasteiger partial charge < -0.3 is 13.9 Å². The molecule has 0 radical (unpaired) electrons. The van der Waals surface area contributed by atoms with E-state index in [2.05, 4.69) is 19.1 Å². The van der Waals surface area contributed by atoms with Gasteiger partial charge in [-0.1, -0.05) is 116 Å². The summed E-state index contributed by atoms with van der Waals surface area (Å²) in [5, 5.41) is 0. The Labute approximate surface area is 220 Å². The molecule has 0 fully saturated rings. The van der Waals surface area contributed by atoms with Crippen molar-refractivity contribution in [2.24, 2.45) is 0 Å². The molecular formula is C30H63NO3P+. The van der Waals surface area contributed by atoms with E-state index in [9.17, 15) is 9.46 Å². The number of hydrogen-bond donors (Lipinski definition) is 1. The molecule has 0 heterocycles. The number of nitrogens with zero attached hydrogens (tertiary/aromatic N) is 1. The van der Waals surface area contributed by atoms with Crippen molar-refractivity contribution in [2.45, 2.75) is 154 Å². The summed E-state index contributed by atoms with van der Waals surface area (Å²) in [4.78, 5) is 10.4. The van der Waals surface area contributed by atoms with Crippen LogP contribution in [-0.4, -0.2) is 42.9 Å². The van der Waals surface area contributed by atoms with Crippen molar-refractivity contribution in [3.63, 3.8) is 0 Å². The Morgan fingerprint density at radius 3 is 1.46 bits per heavy atom. The highest BCUT2D eigenvalue weighted by atomic mass is 31.2. The minimum absolute atomic E-state index is 0.345. The summed E-state index contributed by atoms with van der Waals surface area (Å²) < 4.78 is 18.6. The molecule has 0 aromatic heterocycles. The van der Waals surface area contributed by atoms with Gasteiger partial charge in [0.25, 0.3) is 0 Å². The molecule has 0 aliphatic heterocycles. The molecule has 2 unspecified atom stereocenters. The highest BCUT2D eigenvalue weighted by Gasteiger charge is 2.41. The molecule has 0 aromatic rings. The van der Waals surface area contributed by atoms with E-state index in [1.54, 1.807) is 0 Å². The molecule has 0 amide bonds. The van der Waals surface area contributed by atoms with Crippen LogP contribution in [0.25, 0.3) is 0 Å². The molecule has 0 bridgehead atoms. The third-order valence-corrected chi connectivity index (χ3v) is 9.26. The van der Waals surface area contributed by atoms with Gasteiger partial charge in [0.2, 0.25) is 0 Å². The third kappa shape index (κ3) is 21.6. The summed E-state index contributed by atoms with van der Waals surface area (Å²) in [6.45, 7) is 4.71. The first-order valence-corrected chi connectivity index (χ1v) is 16.8. The second-order valence-corrected chi connectivity index (χ2v) is 13.5. The van der Waals surface area contributed by atoms with Crippen LogP contribution in [0.3, 0.4) is 0 Å². The standard InChI is InChI=1S/C30H62NO3P/c1-6-8-9-10-11-12-13-14-15-16-17-18-19-20-21-22-23-24-25-26-27-29-34-35(32,33)30(28-7-2)31(3,4)5/h23-24,30H,6-22,25-29H2,1-5H3/p+1/b24-23-. The molecule has 0 saturated heterocycles. The summed E-state index contributed by atoms with van der Waals surface area (Å²) in [6.07, 6.45) is 31.4. The quantitative estimate of drug-likeness (QED) is 0.0538. The Balaban J connectivity index is 3.49. The number of unbranched alkanes of at least 4 members (excludes halogenated alkanes) is 17. The van der Waals surface area contributed by atoms with Crippen molar-refractivity contribution in [1.82, 2.24) is 0 Å². The summed E-state index contributed by atoms with van der Waals surface area (Å²) >= 11 is 0. The predicted molar refractivity (Wildman–Crippen MR) is 155 cm³/mol. The molecule has 4 nitrogen and oxygen atoms in total. The lowest BCUT2D eigenvalue weighted by Crippen LogP contribution is -2.45. The number of allylic oxidation sites excluding steroid dienone is 2. The average Bonchev–Trinajstić information content (AvgIpc) is 2.80. The van der Waals surface area contributed by atoms with Gasteiger partial charge >= 0.3 is 7.60 Å². The molecule has 0 aliphatic rings. The van der Waals surface area contributed by atoms with Crippen LogP contribution in [0.1, 0.15) is 149 Å². The highest BCUT2D eigenvalue weighted by molar-refractivity contribution is 7.53. The zero-order chi connectivity index (χ0) is 26.3. The number of quaternary nitrogens is 1. The lowest BCUT2D eigenvalue weighted by atomic mass is 10.0. The van der Waals surface area contributed by atoms with Crippen LogP contribution in [-0.2, 0) is 9.09 Å². The maximum Gasteiger partial charge on any atom is 0.385 e. The van der Waals surface area contributed by atoms with Gasteiger partial charge in [-0.25, -0.2) is 0 Å². The van der Waals surface area contributed by atoms with E-state index < -0.39 is 7.60 Å². The van der Waals surface area contributed by atoms with E-state index in [0.717, 1.165) is 25.7 Å². The summed E-state index contributed by atoms with van der Waals surface area (Å²) in [7, 11) is 2.32. The zero-order valence-corrected chi connectivity index (χ0v) is 25.3. The van der Waals surface area contributed by atoms with Gasteiger partial charge in [-0.2, -0.15) is 0 Å². The van der Waals surface area contributed by atoms with Crippen LogP contribution in [0, 0.1) is 0 Å². The molecule has 2 atom stereocenters. The van der Waals surface area contributed by atoms with Crippen molar-refractivity contribution in [3.8, 4) is 0 Å². The van der Waals surface area contributed by atoms with E-state index >= 15 is 0 Å². The first-order valence-electron chi connectivity index (χ1n) is 15.2. The lowest BCUT2D eigenvalue weighted by molar-refractivity contribution is -0.883. The van der Waals surface area contributed by atoms with Gasteiger partial charge in [0.15, 0.2) is 5.78 Å². The van der Waals surface area contributed by atoms with Crippen molar-refractivity contribution in [3.05, 3.63) is 12.2 Å². The van der Waals surface area contributed by atoms with Gasteiger partial charge in [0.05, 0.1) is 27.7 Å². The average molecular weight is 517 g/mol. The maximum absolute atomic E-state index is 12.7. The minimum atomic E-state index is -3.58. The van der Waals surface area contributed by atoms with Crippen LogP contribution in [0.5, 0.6) is 0 Å². The van der Waals surface area contributed by atoms with Gasteiger partial charge in [0, 0.05) is 6.42 Å². The SMILES string of the molecule is CCCCCCCCCCCCCCCCC/C=C\CCCCOP(=O)(O)C(CCC)[N+](C)(C)C. The molecular weight excluding hydrogens is 453 g/mol. The van der Waals surface area contributed by atoms with E-state index in [-0.39, 0.29) is 5.78 Å². The first kappa shape index (κ1) is 34.9. The predicted octanol–water partition coefficient (Wildman–Crippen LogP) is 10.0. The van der Waals surface area contributed by atoms with Crippen molar-refractivity contribution in [1.29, 1.82) is 0 Å². The Hall–Kier alpha value is -0.150. The van der Waals surface area contributed by atoms with E-state index in [1.807, 2.05) is 28.1 Å². The molecule has 0 aliphatic carbocycles. The zero-order valence-electron chi connectivity index (χ0n) is 24.4. The first-order chi connectivity index (χ1) is 16.8. The topological polar surface area (TPSA) is 46.5 Å². The van der Waals surface area contributed by atoms with E-state index in [4.69, 9.17) is 4.52 Å². The summed E-state index contributed by atoms with van der Waals surface area (Å²) in [5.74, 6) is -0.345. The Morgan fingerprint density at radius 1 is 0.657 bits per heavy atom. The maximum atomic E-state index is 12.7. The van der Waals surface area contributed by atoms with Crippen LogP contribution in [0.15, 0.2) is 12.2 Å². The second kappa shape index (κ2) is 23.0. The van der Waals surface area contributed by atoms with Crippen LogP contribution in [0.2, 0.25) is 0 Å². The monoisotopic (exact) mass is 516 g/mol. The molecule has 0 rings (SSSR count). The van der Waals surface area contributed by atoms with Gasteiger partial charge in [-0.3, -0.25) is 4.57 Å². The Kier molecular flexibility index (Phi) is 22.9. The summed E-state index contributed by atoms with van der Waals surface area (Å²) in [5.41, 5.74) is 0. The van der Waals surface area contributed by atoms with E-state index in [1.165, 1.54) is 103 Å². The lowest BCUT2D eigenvalue weighted by Gasteiger charge is -2.35. The van der Waals surface area contributed by atoms with E-state index in [0.29, 0.717) is 17.5 Å². The molecule has 5 heteroatoms. The summed E-state index contributed by atoms with van der Waals surface area (Å²) in [6, 6.07) is 0. The van der Waals surface area contributed by atoms with Crippen molar-refractivity contribution >= 4 is 7.60 Å². The van der Waals surface area contributed by atoms with Crippen molar-refractivity contribution < 1.29 is 18.5 Å².